The van der Waals surface area contributed by atoms with Crippen LogP contribution in [0, 0.1) is 0 Å². The Labute approximate surface area is 201 Å². The normalized spacial score (nSPS) is 14.5. The van der Waals surface area contributed by atoms with Gasteiger partial charge in [-0.2, -0.15) is 4.31 Å². The number of hydrogen-bond donors (Lipinski definition) is 0. The van der Waals surface area contributed by atoms with E-state index in [2.05, 4.69) is 11.5 Å². The van der Waals surface area contributed by atoms with Crippen LogP contribution in [-0.2, 0) is 19.6 Å². The van der Waals surface area contributed by atoms with E-state index in [1.807, 2.05) is 44.2 Å². The van der Waals surface area contributed by atoms with E-state index in [0.29, 0.717) is 39.3 Å². The third-order valence-corrected chi connectivity index (χ3v) is 7.48. The molecule has 9 heteroatoms. The second-order valence-corrected chi connectivity index (χ2v) is 10.1. The van der Waals surface area contributed by atoms with Crippen molar-refractivity contribution in [2.45, 2.75) is 18.7 Å². The zero-order valence-electron chi connectivity index (χ0n) is 19.6. The number of carbonyl (C=O) groups excluding carboxylic acids is 2. The molecule has 1 aliphatic heterocycles. The number of hydrogen-bond acceptors (Lipinski definition) is 6. The summed E-state index contributed by atoms with van der Waals surface area (Å²) in [5.41, 5.74) is 1.97. The summed E-state index contributed by atoms with van der Waals surface area (Å²) >= 11 is 0. The fourth-order valence-electron chi connectivity index (χ4n) is 3.76. The molecular formula is C25H31N3O5S. The third kappa shape index (κ3) is 6.24. The molecule has 34 heavy (non-hydrogen) atoms. The lowest BCUT2D eigenvalue weighted by Crippen LogP contribution is -2.48. The Morgan fingerprint density at radius 3 is 2.32 bits per heavy atom. The van der Waals surface area contributed by atoms with E-state index in [-0.39, 0.29) is 16.4 Å². The average Bonchev–Trinajstić information content (AvgIpc) is 2.86. The molecule has 2 aromatic rings. The van der Waals surface area contributed by atoms with Gasteiger partial charge in [0.1, 0.15) is 0 Å². The molecule has 0 radical (unpaired) electrons. The van der Waals surface area contributed by atoms with Gasteiger partial charge < -0.3 is 14.5 Å². The molecular weight excluding hydrogens is 454 g/mol. The van der Waals surface area contributed by atoms with Crippen molar-refractivity contribution in [3.05, 3.63) is 72.3 Å². The fourth-order valence-corrected chi connectivity index (χ4v) is 5.23. The molecule has 1 aliphatic rings. The minimum atomic E-state index is -3.77. The van der Waals surface area contributed by atoms with Crippen LogP contribution in [0.2, 0.25) is 0 Å². The molecule has 0 bridgehead atoms. The Morgan fingerprint density at radius 1 is 1.03 bits per heavy atom. The number of likely N-dealkylation sites (N-methyl/N-ethyl adjacent to an activating group) is 1. The first-order valence-electron chi connectivity index (χ1n) is 11.2. The van der Waals surface area contributed by atoms with Gasteiger partial charge >= 0.3 is 5.97 Å². The lowest BCUT2D eigenvalue weighted by atomic mass is 10.2. The number of esters is 1. The Balaban J connectivity index is 1.63. The van der Waals surface area contributed by atoms with Crippen LogP contribution in [0.4, 0.5) is 5.69 Å². The minimum Gasteiger partial charge on any atom is -0.452 e. The third-order valence-electron chi connectivity index (χ3n) is 5.59. The van der Waals surface area contributed by atoms with Crippen LogP contribution in [-0.4, -0.2) is 75.4 Å². The van der Waals surface area contributed by atoms with Crippen LogP contribution in [0.1, 0.15) is 24.2 Å². The van der Waals surface area contributed by atoms with Gasteiger partial charge in [0.15, 0.2) is 6.61 Å². The van der Waals surface area contributed by atoms with Crippen LogP contribution < -0.4 is 4.90 Å². The lowest BCUT2D eigenvalue weighted by molar-refractivity contribution is -0.133. The molecule has 0 aromatic heterocycles. The van der Waals surface area contributed by atoms with E-state index in [4.69, 9.17) is 4.74 Å². The predicted octanol–water partition coefficient (Wildman–Crippen LogP) is 2.78. The van der Waals surface area contributed by atoms with Crippen molar-refractivity contribution in [2.75, 3.05) is 50.8 Å². The zero-order valence-corrected chi connectivity index (χ0v) is 20.5. The number of nitrogens with zero attached hydrogens (tertiary/aromatic N) is 3. The second kappa shape index (κ2) is 11.3. The summed E-state index contributed by atoms with van der Waals surface area (Å²) in [6.45, 7) is 9.71. The van der Waals surface area contributed by atoms with Gasteiger partial charge in [0.2, 0.25) is 10.0 Å². The molecule has 2 aromatic carbocycles. The molecule has 0 N–H and O–H groups in total. The maximum absolute atomic E-state index is 13.2. The van der Waals surface area contributed by atoms with Crippen molar-refractivity contribution < 1.29 is 22.7 Å². The molecule has 0 atom stereocenters. The van der Waals surface area contributed by atoms with Crippen LogP contribution in [0.25, 0.3) is 0 Å². The minimum absolute atomic E-state index is 0.0268. The van der Waals surface area contributed by atoms with Crippen LogP contribution >= 0.6 is 0 Å². The van der Waals surface area contributed by atoms with Crippen molar-refractivity contribution in [1.29, 1.82) is 0 Å². The van der Waals surface area contributed by atoms with Gasteiger partial charge in [0.25, 0.3) is 5.91 Å². The number of amides is 1. The molecule has 8 nitrogen and oxygen atoms in total. The summed E-state index contributed by atoms with van der Waals surface area (Å²) in [7, 11) is -3.77. The molecule has 1 heterocycles. The topological polar surface area (TPSA) is 87.2 Å². The number of piperazine rings is 1. The number of rotatable bonds is 9. The first kappa shape index (κ1) is 25.5. The van der Waals surface area contributed by atoms with E-state index < -0.39 is 22.6 Å². The van der Waals surface area contributed by atoms with E-state index >= 15 is 0 Å². The smallest absolute Gasteiger partial charge is 0.338 e. The van der Waals surface area contributed by atoms with E-state index in [9.17, 15) is 18.0 Å². The summed E-state index contributed by atoms with van der Waals surface area (Å²) in [5, 5.41) is 0. The second-order valence-electron chi connectivity index (χ2n) is 8.20. The Kier molecular flexibility index (Phi) is 8.46. The molecule has 1 saturated heterocycles. The maximum Gasteiger partial charge on any atom is 0.338 e. The average molecular weight is 486 g/mol. The first-order chi connectivity index (χ1) is 16.2. The monoisotopic (exact) mass is 485 g/mol. The lowest BCUT2D eigenvalue weighted by Gasteiger charge is -2.35. The summed E-state index contributed by atoms with van der Waals surface area (Å²) < 4.78 is 33.0. The number of benzene rings is 2. The summed E-state index contributed by atoms with van der Waals surface area (Å²) in [6.07, 6.45) is 0. The van der Waals surface area contributed by atoms with Gasteiger partial charge in [-0.1, -0.05) is 36.4 Å². The largest absolute Gasteiger partial charge is 0.452 e. The molecule has 0 saturated carbocycles. The van der Waals surface area contributed by atoms with Gasteiger partial charge in [0, 0.05) is 45.0 Å². The van der Waals surface area contributed by atoms with Crippen molar-refractivity contribution >= 4 is 27.6 Å². The van der Waals surface area contributed by atoms with Crippen molar-refractivity contribution in [3.63, 3.8) is 0 Å². The number of para-hydroxylation sites is 1. The predicted molar refractivity (Wildman–Crippen MR) is 131 cm³/mol. The highest BCUT2D eigenvalue weighted by Crippen LogP contribution is 2.22. The highest BCUT2D eigenvalue weighted by atomic mass is 32.2. The molecule has 0 spiro atoms. The van der Waals surface area contributed by atoms with E-state index in [1.165, 1.54) is 33.5 Å². The highest BCUT2D eigenvalue weighted by Gasteiger charge is 2.29. The molecule has 1 amide bonds. The quantitative estimate of drug-likeness (QED) is 0.401. The van der Waals surface area contributed by atoms with Crippen LogP contribution in [0.3, 0.4) is 0 Å². The molecule has 1 fully saturated rings. The molecule has 0 aliphatic carbocycles. The van der Waals surface area contributed by atoms with Crippen LogP contribution in [0.15, 0.2) is 71.6 Å². The number of sulfonamides is 1. The fraction of sp³-hybridized carbons (Fsp3) is 0.360. The van der Waals surface area contributed by atoms with Gasteiger partial charge in [-0.3, -0.25) is 4.79 Å². The summed E-state index contributed by atoms with van der Waals surface area (Å²) in [5.74, 6) is -1.08. The molecule has 3 rings (SSSR count). The zero-order chi connectivity index (χ0) is 24.7. The number of anilines is 1. The maximum atomic E-state index is 13.2. The first-order valence-corrected chi connectivity index (χ1v) is 12.7. The van der Waals surface area contributed by atoms with Gasteiger partial charge in [-0.25, -0.2) is 13.2 Å². The summed E-state index contributed by atoms with van der Waals surface area (Å²) in [6, 6.07) is 15.6. The molecule has 182 valence electrons. The highest BCUT2D eigenvalue weighted by molar-refractivity contribution is 7.89. The standard InChI is InChI=1S/C25H31N3O5S/c1-4-26(18-20(2)3)24(29)19-33-25(30)21-9-8-12-23(17-21)34(31,32)28-15-13-27(14-16-28)22-10-6-5-7-11-22/h5-12,17H,2,4,13-16,18-19H2,1,3H3. The van der Waals surface area contributed by atoms with Crippen molar-refractivity contribution in [3.8, 4) is 0 Å². The van der Waals surface area contributed by atoms with Crippen LogP contribution in [0.5, 0.6) is 0 Å². The SMILES string of the molecule is C=C(C)CN(CC)C(=O)COC(=O)c1cccc(S(=O)(=O)N2CCN(c3ccccc3)CC2)c1. The Bertz CT molecular complexity index is 1130. The van der Waals surface area contributed by atoms with Gasteiger partial charge in [0.05, 0.1) is 10.5 Å². The van der Waals surface area contributed by atoms with Gasteiger partial charge in [-0.05, 0) is 44.2 Å². The van der Waals surface area contributed by atoms with Crippen molar-refractivity contribution in [2.24, 2.45) is 0 Å². The van der Waals surface area contributed by atoms with Gasteiger partial charge in [-0.15, -0.1) is 0 Å². The Hall–Kier alpha value is -3.17. The number of carbonyl (C=O) groups is 2. The molecule has 0 unspecified atom stereocenters. The van der Waals surface area contributed by atoms with E-state index in [0.717, 1.165) is 11.3 Å². The van der Waals surface area contributed by atoms with E-state index in [1.54, 1.807) is 0 Å². The Morgan fingerprint density at radius 2 is 1.71 bits per heavy atom. The van der Waals surface area contributed by atoms with Crippen molar-refractivity contribution in [1.82, 2.24) is 9.21 Å². The summed E-state index contributed by atoms with van der Waals surface area (Å²) in [4.78, 5) is 28.5. The number of ether oxygens (including phenoxy) is 1.